The lowest BCUT2D eigenvalue weighted by Crippen LogP contribution is -2.40. The lowest BCUT2D eigenvalue weighted by molar-refractivity contribution is 0.132. The summed E-state index contributed by atoms with van der Waals surface area (Å²) in [5.74, 6) is -0.256. The number of nitrogens with one attached hydrogen (secondary N) is 1. The molecule has 0 spiro atoms. The van der Waals surface area contributed by atoms with Gasteiger partial charge in [-0.05, 0) is 54.4 Å². The molecule has 1 aromatic carbocycles. The fraction of sp³-hybridized carbons (Fsp3) is 0.588. The van der Waals surface area contributed by atoms with Crippen molar-refractivity contribution in [2.45, 2.75) is 46.1 Å². The van der Waals surface area contributed by atoms with Crippen molar-refractivity contribution < 1.29 is 4.39 Å². The molecule has 1 N–H and O–H groups in total. The molecule has 0 unspecified atom stereocenters. The quantitative estimate of drug-likeness (QED) is 0.773. The Balaban J connectivity index is 1.76. The fourth-order valence-corrected chi connectivity index (χ4v) is 4.77. The van der Waals surface area contributed by atoms with Crippen LogP contribution in [0, 0.1) is 16.6 Å². The maximum atomic E-state index is 13.8. The van der Waals surface area contributed by atoms with E-state index in [2.05, 4.69) is 31.0 Å². The van der Waals surface area contributed by atoms with Crippen molar-refractivity contribution in [1.82, 2.24) is 4.90 Å². The first-order valence-electron chi connectivity index (χ1n) is 7.60. The van der Waals surface area contributed by atoms with E-state index in [1.807, 2.05) is 6.07 Å². The van der Waals surface area contributed by atoms with Crippen LogP contribution in [0.5, 0.6) is 0 Å². The summed E-state index contributed by atoms with van der Waals surface area (Å²) >= 11 is 5.55. The lowest BCUT2D eigenvalue weighted by Gasteiger charge is -2.39. The molecule has 2 bridgehead atoms. The molecule has 2 nitrogen and oxygen atoms in total. The molecule has 1 aromatic rings. The van der Waals surface area contributed by atoms with Crippen molar-refractivity contribution in [3.63, 3.8) is 0 Å². The smallest absolute Gasteiger partial charge is 0.173 e. The first-order chi connectivity index (χ1) is 9.78. The average molecular weight is 306 g/mol. The SMILES string of the molecule is CC1(C)C[C@H]2C[C@](C)(CN2C(=S)Nc2ccccc2F)C1. The first kappa shape index (κ1) is 14.8. The first-order valence-corrected chi connectivity index (χ1v) is 8.01. The van der Waals surface area contributed by atoms with E-state index >= 15 is 0 Å². The normalized spacial score (nSPS) is 30.3. The third-order valence-corrected chi connectivity index (χ3v) is 5.13. The number of hydrogen-bond acceptors (Lipinski definition) is 1. The monoisotopic (exact) mass is 306 g/mol. The van der Waals surface area contributed by atoms with Gasteiger partial charge in [0.1, 0.15) is 5.82 Å². The van der Waals surface area contributed by atoms with Gasteiger partial charge < -0.3 is 10.2 Å². The van der Waals surface area contributed by atoms with Crippen molar-refractivity contribution in [2.75, 3.05) is 11.9 Å². The van der Waals surface area contributed by atoms with Crippen LogP contribution in [0.15, 0.2) is 24.3 Å². The Hall–Kier alpha value is -1.16. The summed E-state index contributed by atoms with van der Waals surface area (Å²) in [4.78, 5) is 2.27. The van der Waals surface area contributed by atoms with E-state index in [9.17, 15) is 4.39 Å². The van der Waals surface area contributed by atoms with E-state index in [0.29, 0.717) is 27.7 Å². The topological polar surface area (TPSA) is 15.3 Å². The van der Waals surface area contributed by atoms with Gasteiger partial charge in [-0.25, -0.2) is 4.39 Å². The molecule has 1 aliphatic carbocycles. The van der Waals surface area contributed by atoms with Gasteiger partial charge in [0, 0.05) is 12.6 Å². The van der Waals surface area contributed by atoms with Gasteiger partial charge in [-0.15, -0.1) is 0 Å². The van der Waals surface area contributed by atoms with Crippen LogP contribution in [-0.2, 0) is 0 Å². The number of thiocarbonyl (C=S) groups is 1. The van der Waals surface area contributed by atoms with Crippen molar-refractivity contribution in [1.29, 1.82) is 0 Å². The van der Waals surface area contributed by atoms with Crippen LogP contribution in [-0.4, -0.2) is 22.6 Å². The largest absolute Gasteiger partial charge is 0.345 e. The van der Waals surface area contributed by atoms with Crippen LogP contribution in [0.2, 0.25) is 0 Å². The van der Waals surface area contributed by atoms with Gasteiger partial charge in [-0.2, -0.15) is 0 Å². The molecule has 2 aliphatic rings. The van der Waals surface area contributed by atoms with Gasteiger partial charge in [-0.1, -0.05) is 32.9 Å². The fourth-order valence-electron chi connectivity index (χ4n) is 4.45. The van der Waals surface area contributed by atoms with Crippen molar-refractivity contribution in [3.05, 3.63) is 30.1 Å². The van der Waals surface area contributed by atoms with Crippen molar-refractivity contribution in [2.24, 2.45) is 10.8 Å². The summed E-state index contributed by atoms with van der Waals surface area (Å²) in [6.07, 6.45) is 3.58. The van der Waals surface area contributed by atoms with Crippen molar-refractivity contribution in [3.8, 4) is 0 Å². The highest BCUT2D eigenvalue weighted by atomic mass is 32.1. The van der Waals surface area contributed by atoms with E-state index < -0.39 is 0 Å². The number of halogens is 1. The summed E-state index contributed by atoms with van der Waals surface area (Å²) < 4.78 is 13.8. The molecule has 0 aromatic heterocycles. The number of nitrogens with zero attached hydrogens (tertiary/aromatic N) is 1. The van der Waals surface area contributed by atoms with E-state index in [1.54, 1.807) is 12.1 Å². The Labute approximate surface area is 131 Å². The van der Waals surface area contributed by atoms with Crippen LogP contribution in [0.3, 0.4) is 0 Å². The molecule has 3 rings (SSSR count). The van der Waals surface area contributed by atoms with Gasteiger partial charge in [-0.3, -0.25) is 0 Å². The molecule has 4 heteroatoms. The molecule has 0 amide bonds. The summed E-state index contributed by atoms with van der Waals surface area (Å²) in [6.45, 7) is 8.01. The number of anilines is 1. The van der Waals surface area contributed by atoms with E-state index in [-0.39, 0.29) is 5.82 Å². The van der Waals surface area contributed by atoms with Crippen LogP contribution >= 0.6 is 12.2 Å². The highest BCUT2D eigenvalue weighted by molar-refractivity contribution is 7.80. The minimum atomic E-state index is -0.256. The Morgan fingerprint density at radius 1 is 1.29 bits per heavy atom. The Bertz CT molecular complexity index is 572. The molecule has 2 atom stereocenters. The summed E-state index contributed by atoms with van der Waals surface area (Å²) in [6, 6.07) is 7.18. The van der Waals surface area contributed by atoms with Crippen LogP contribution in [0.4, 0.5) is 10.1 Å². The molecular weight excluding hydrogens is 283 g/mol. The van der Waals surface area contributed by atoms with Gasteiger partial charge >= 0.3 is 0 Å². The second-order valence-electron chi connectivity index (χ2n) is 7.75. The molecule has 0 radical (unpaired) electrons. The zero-order valence-corrected chi connectivity index (χ0v) is 13.8. The maximum Gasteiger partial charge on any atom is 0.173 e. The second-order valence-corrected chi connectivity index (χ2v) is 8.14. The minimum absolute atomic E-state index is 0.256. The number of fused-ring (bicyclic) bond motifs is 2. The van der Waals surface area contributed by atoms with Gasteiger partial charge in [0.2, 0.25) is 0 Å². The van der Waals surface area contributed by atoms with E-state index in [0.717, 1.165) is 13.0 Å². The average Bonchev–Trinajstić information content (AvgIpc) is 2.61. The number of likely N-dealkylation sites (tertiary alicyclic amines) is 1. The predicted molar refractivity (Wildman–Crippen MR) is 88.9 cm³/mol. The number of benzene rings is 1. The van der Waals surface area contributed by atoms with Gasteiger partial charge in [0.05, 0.1) is 5.69 Å². The summed E-state index contributed by atoms with van der Waals surface area (Å²) in [5, 5.41) is 3.75. The van der Waals surface area contributed by atoms with E-state index in [4.69, 9.17) is 12.2 Å². The number of para-hydroxylation sites is 1. The van der Waals surface area contributed by atoms with E-state index in [1.165, 1.54) is 18.9 Å². The molecule has 21 heavy (non-hydrogen) atoms. The Morgan fingerprint density at radius 3 is 2.71 bits per heavy atom. The third-order valence-electron chi connectivity index (χ3n) is 4.79. The zero-order chi connectivity index (χ0) is 15.3. The van der Waals surface area contributed by atoms with Crippen LogP contribution in [0.25, 0.3) is 0 Å². The maximum absolute atomic E-state index is 13.8. The molecule has 2 fully saturated rings. The Morgan fingerprint density at radius 2 is 2.00 bits per heavy atom. The summed E-state index contributed by atoms with van der Waals surface area (Å²) in [5.41, 5.74) is 1.15. The Kier molecular flexibility index (Phi) is 3.47. The minimum Gasteiger partial charge on any atom is -0.345 e. The molecule has 1 heterocycles. The predicted octanol–water partition coefficient (Wildman–Crippen LogP) is 4.42. The molecular formula is C17H23FN2S. The third kappa shape index (κ3) is 2.91. The van der Waals surface area contributed by atoms with Crippen molar-refractivity contribution >= 4 is 23.0 Å². The zero-order valence-electron chi connectivity index (χ0n) is 12.9. The standard InChI is InChI=1S/C17H23FN2S/c1-16(2)8-12-9-17(3,10-16)11-20(12)15(21)19-14-7-5-4-6-13(14)18/h4-7,12H,8-11H2,1-3H3,(H,19,21)/t12-,17-/m0/s1. The van der Waals surface area contributed by atoms with Gasteiger partial charge in [0.25, 0.3) is 0 Å². The lowest BCUT2D eigenvalue weighted by atomic mass is 9.65. The summed E-state index contributed by atoms with van der Waals surface area (Å²) in [7, 11) is 0. The molecule has 1 saturated carbocycles. The second kappa shape index (κ2) is 4.94. The van der Waals surface area contributed by atoms with Crippen LogP contribution in [0.1, 0.15) is 40.0 Å². The number of hydrogen-bond donors (Lipinski definition) is 1. The highest BCUT2D eigenvalue weighted by Crippen LogP contribution is 2.52. The number of rotatable bonds is 1. The molecule has 1 aliphatic heterocycles. The van der Waals surface area contributed by atoms with Gasteiger partial charge in [0.15, 0.2) is 5.11 Å². The highest BCUT2D eigenvalue weighted by Gasteiger charge is 2.50. The molecule has 114 valence electrons. The molecule has 1 saturated heterocycles. The van der Waals surface area contributed by atoms with Crippen LogP contribution < -0.4 is 5.32 Å².